The van der Waals surface area contributed by atoms with E-state index in [4.69, 9.17) is 27.9 Å². The zero-order valence-corrected chi connectivity index (χ0v) is 11.7. The van der Waals surface area contributed by atoms with Gasteiger partial charge in [-0.15, -0.1) is 4.91 Å². The van der Waals surface area contributed by atoms with Gasteiger partial charge in [-0.05, 0) is 16.8 Å². The molecular formula is C14H11Cl2NO2. The molecule has 0 aliphatic heterocycles. The van der Waals surface area contributed by atoms with Crippen molar-refractivity contribution in [1.82, 2.24) is 0 Å². The van der Waals surface area contributed by atoms with Gasteiger partial charge in [0, 0.05) is 12.0 Å². The van der Waals surface area contributed by atoms with E-state index >= 15 is 0 Å². The van der Waals surface area contributed by atoms with Crippen molar-refractivity contribution in [3.8, 4) is 5.75 Å². The molecule has 0 N–H and O–H groups in total. The van der Waals surface area contributed by atoms with Crippen molar-refractivity contribution in [3.05, 3.63) is 62.5 Å². The van der Waals surface area contributed by atoms with Gasteiger partial charge in [0.25, 0.3) is 0 Å². The number of methoxy groups -OCH3 is 1. The van der Waals surface area contributed by atoms with E-state index in [-0.39, 0.29) is 15.7 Å². The van der Waals surface area contributed by atoms with Gasteiger partial charge in [-0.2, -0.15) is 0 Å². The molecule has 0 radical (unpaired) electrons. The van der Waals surface area contributed by atoms with E-state index in [1.54, 1.807) is 6.07 Å². The Morgan fingerprint density at radius 3 is 2.47 bits per heavy atom. The third-order valence-corrected chi connectivity index (χ3v) is 3.40. The van der Waals surface area contributed by atoms with Gasteiger partial charge in [0.2, 0.25) is 0 Å². The first kappa shape index (κ1) is 13.8. The molecule has 98 valence electrons. The number of rotatable bonds is 4. The zero-order chi connectivity index (χ0) is 13.8. The van der Waals surface area contributed by atoms with Gasteiger partial charge in [-0.25, -0.2) is 0 Å². The summed E-state index contributed by atoms with van der Waals surface area (Å²) in [6.45, 7) is 0. The molecule has 0 aromatic heterocycles. The third kappa shape index (κ3) is 2.88. The van der Waals surface area contributed by atoms with Crippen LogP contribution in [0.3, 0.4) is 0 Å². The molecule has 5 heteroatoms. The topological polar surface area (TPSA) is 38.7 Å². The van der Waals surface area contributed by atoms with Crippen molar-refractivity contribution in [1.29, 1.82) is 0 Å². The highest BCUT2D eigenvalue weighted by atomic mass is 35.5. The molecule has 0 unspecified atom stereocenters. The number of ether oxygens (including phenoxy) is 1. The maximum absolute atomic E-state index is 10.7. The molecule has 0 fully saturated rings. The Morgan fingerprint density at radius 1 is 1.21 bits per heavy atom. The Hall–Kier alpha value is -1.58. The summed E-state index contributed by atoms with van der Waals surface area (Å²) in [5.41, 5.74) is 1.92. The van der Waals surface area contributed by atoms with Crippen molar-refractivity contribution in [3.63, 3.8) is 0 Å². The van der Waals surface area contributed by atoms with E-state index in [1.807, 2.05) is 30.3 Å². The number of hydrogen-bond acceptors (Lipinski definition) is 3. The van der Waals surface area contributed by atoms with Crippen LogP contribution in [-0.4, -0.2) is 7.11 Å². The Morgan fingerprint density at radius 2 is 1.89 bits per heavy atom. The summed E-state index contributed by atoms with van der Waals surface area (Å²) in [5.74, 6) is 0.435. The standard InChI is InChI=1S/C14H11Cl2NO2/c1-19-14-10(7-9-5-3-2-4-6-9)8-11(15)13(17-18)12(14)16/h2-6,8H,7H2,1H3. The second kappa shape index (κ2) is 6.04. The van der Waals surface area contributed by atoms with Crippen molar-refractivity contribution in [2.75, 3.05) is 7.11 Å². The van der Waals surface area contributed by atoms with Gasteiger partial charge in [-0.1, -0.05) is 53.5 Å². The van der Waals surface area contributed by atoms with E-state index in [0.717, 1.165) is 11.1 Å². The molecule has 0 bridgehead atoms. The average Bonchev–Trinajstić information content (AvgIpc) is 2.40. The summed E-state index contributed by atoms with van der Waals surface area (Å²) < 4.78 is 5.26. The quantitative estimate of drug-likeness (QED) is 0.745. The van der Waals surface area contributed by atoms with Crippen LogP contribution in [0.5, 0.6) is 5.75 Å². The Kier molecular flexibility index (Phi) is 4.40. The van der Waals surface area contributed by atoms with E-state index in [9.17, 15) is 4.91 Å². The highest BCUT2D eigenvalue weighted by molar-refractivity contribution is 6.39. The Balaban J connectivity index is 2.49. The van der Waals surface area contributed by atoms with Crippen LogP contribution in [0.4, 0.5) is 5.69 Å². The molecule has 0 aliphatic rings. The van der Waals surface area contributed by atoms with E-state index in [0.29, 0.717) is 12.2 Å². The summed E-state index contributed by atoms with van der Waals surface area (Å²) in [4.78, 5) is 10.7. The number of benzene rings is 2. The Bertz CT molecular complexity index is 600. The average molecular weight is 296 g/mol. The van der Waals surface area contributed by atoms with Crippen LogP contribution >= 0.6 is 23.2 Å². The molecule has 3 nitrogen and oxygen atoms in total. The minimum atomic E-state index is 0.0111. The van der Waals surface area contributed by atoms with E-state index < -0.39 is 0 Å². The third-order valence-electron chi connectivity index (χ3n) is 2.76. The molecule has 2 rings (SSSR count). The lowest BCUT2D eigenvalue weighted by atomic mass is 10.0. The molecule has 2 aromatic carbocycles. The predicted molar refractivity (Wildman–Crippen MR) is 77.7 cm³/mol. The second-order valence-electron chi connectivity index (χ2n) is 3.97. The van der Waals surface area contributed by atoms with Gasteiger partial charge in [-0.3, -0.25) is 0 Å². The lowest BCUT2D eigenvalue weighted by Gasteiger charge is -2.12. The lowest BCUT2D eigenvalue weighted by Crippen LogP contribution is -1.95. The monoisotopic (exact) mass is 295 g/mol. The molecule has 0 saturated heterocycles. The molecule has 0 heterocycles. The molecule has 2 aromatic rings. The van der Waals surface area contributed by atoms with Crippen LogP contribution in [0.25, 0.3) is 0 Å². The summed E-state index contributed by atoms with van der Waals surface area (Å²) in [5, 5.41) is 3.21. The second-order valence-corrected chi connectivity index (χ2v) is 4.75. The van der Waals surface area contributed by atoms with Crippen molar-refractivity contribution in [2.45, 2.75) is 6.42 Å². The number of nitroso groups, excluding NO2 is 1. The van der Waals surface area contributed by atoms with Crippen LogP contribution in [-0.2, 0) is 6.42 Å². The van der Waals surface area contributed by atoms with E-state index in [2.05, 4.69) is 5.18 Å². The fraction of sp³-hybridized carbons (Fsp3) is 0.143. The number of nitrogens with zero attached hydrogens (tertiary/aromatic N) is 1. The van der Waals surface area contributed by atoms with Crippen LogP contribution in [0.15, 0.2) is 41.6 Å². The molecule has 0 aliphatic carbocycles. The van der Waals surface area contributed by atoms with Crippen LogP contribution < -0.4 is 4.74 Å². The number of hydrogen-bond donors (Lipinski definition) is 0. The van der Waals surface area contributed by atoms with Crippen molar-refractivity contribution < 1.29 is 4.74 Å². The lowest BCUT2D eigenvalue weighted by molar-refractivity contribution is 0.411. The van der Waals surface area contributed by atoms with E-state index in [1.165, 1.54) is 7.11 Å². The summed E-state index contributed by atoms with van der Waals surface area (Å²) in [7, 11) is 1.50. The largest absolute Gasteiger partial charge is 0.495 e. The summed E-state index contributed by atoms with van der Waals surface area (Å²) >= 11 is 12.1. The first-order chi connectivity index (χ1) is 9.17. The molecular weight excluding hydrogens is 285 g/mol. The van der Waals surface area contributed by atoms with Crippen LogP contribution in [0.2, 0.25) is 10.0 Å². The van der Waals surface area contributed by atoms with Gasteiger partial charge < -0.3 is 4.74 Å². The molecule has 19 heavy (non-hydrogen) atoms. The first-order valence-corrected chi connectivity index (χ1v) is 6.35. The smallest absolute Gasteiger partial charge is 0.148 e. The summed E-state index contributed by atoms with van der Waals surface area (Å²) in [6, 6.07) is 11.5. The molecule has 0 amide bonds. The Labute approximate surface area is 121 Å². The minimum absolute atomic E-state index is 0.0111. The highest BCUT2D eigenvalue weighted by Gasteiger charge is 2.17. The fourth-order valence-corrected chi connectivity index (χ4v) is 2.54. The van der Waals surface area contributed by atoms with Gasteiger partial charge >= 0.3 is 0 Å². The normalized spacial score (nSPS) is 10.3. The first-order valence-electron chi connectivity index (χ1n) is 5.59. The van der Waals surface area contributed by atoms with Gasteiger partial charge in [0.05, 0.1) is 12.1 Å². The van der Waals surface area contributed by atoms with Gasteiger partial charge in [0.15, 0.2) is 0 Å². The van der Waals surface area contributed by atoms with Crippen molar-refractivity contribution >= 4 is 28.9 Å². The minimum Gasteiger partial charge on any atom is -0.495 e. The SMILES string of the molecule is COc1c(Cc2ccccc2)cc(Cl)c(N=O)c1Cl. The zero-order valence-electron chi connectivity index (χ0n) is 10.2. The number of halogens is 2. The highest BCUT2D eigenvalue weighted by Crippen LogP contribution is 2.42. The molecule has 0 saturated carbocycles. The molecule has 0 spiro atoms. The predicted octanol–water partition coefficient (Wildman–Crippen LogP) is 4.99. The maximum atomic E-state index is 10.7. The fourth-order valence-electron chi connectivity index (χ4n) is 1.89. The summed E-state index contributed by atoms with van der Waals surface area (Å²) in [6.07, 6.45) is 0.614. The maximum Gasteiger partial charge on any atom is 0.148 e. The van der Waals surface area contributed by atoms with Crippen molar-refractivity contribution in [2.24, 2.45) is 5.18 Å². The van der Waals surface area contributed by atoms with Gasteiger partial charge in [0.1, 0.15) is 16.5 Å². The van der Waals surface area contributed by atoms with Crippen LogP contribution in [0.1, 0.15) is 11.1 Å². The molecule has 0 atom stereocenters. The van der Waals surface area contributed by atoms with Crippen LogP contribution in [0, 0.1) is 4.91 Å².